The van der Waals surface area contributed by atoms with Gasteiger partial charge in [-0.05, 0) is 58.4 Å². The number of sulfonamides is 1. The summed E-state index contributed by atoms with van der Waals surface area (Å²) in [5.41, 5.74) is 0.696. The van der Waals surface area contributed by atoms with Crippen molar-refractivity contribution in [2.75, 3.05) is 0 Å². The summed E-state index contributed by atoms with van der Waals surface area (Å²) < 4.78 is 33.4. The van der Waals surface area contributed by atoms with E-state index < -0.39 is 15.9 Å². The Labute approximate surface area is 204 Å². The number of nitrogens with one attached hydrogen (secondary N) is 2. The van der Waals surface area contributed by atoms with Crippen LogP contribution in [-0.4, -0.2) is 19.3 Å². The summed E-state index contributed by atoms with van der Waals surface area (Å²) in [6.45, 7) is 0. The number of thiophene rings is 1. The Hall–Kier alpha value is -1.75. The molecule has 0 radical (unpaired) electrons. The number of carbonyl (C=O) groups is 1. The van der Waals surface area contributed by atoms with Gasteiger partial charge in [0, 0.05) is 21.4 Å². The quantitative estimate of drug-likeness (QED) is 0.270. The molecule has 0 aliphatic rings. The SMILES string of the molecule is O=C(NS(=O)(=O)c1cc(Cl)c(Cl)s1)c1cc2cc(Oc3ccc(Br)c(Cl)c3)ccc2[nH]1. The van der Waals surface area contributed by atoms with Gasteiger partial charge in [0.25, 0.3) is 15.9 Å². The Kier molecular flexibility index (Phi) is 6.26. The van der Waals surface area contributed by atoms with Gasteiger partial charge in [0.05, 0.1) is 10.0 Å². The van der Waals surface area contributed by atoms with E-state index in [1.807, 2.05) is 4.72 Å². The summed E-state index contributed by atoms with van der Waals surface area (Å²) in [6.07, 6.45) is 0. The van der Waals surface area contributed by atoms with Gasteiger partial charge in [-0.3, -0.25) is 4.79 Å². The number of hydrogen-bond acceptors (Lipinski definition) is 5. The molecule has 12 heteroatoms. The van der Waals surface area contributed by atoms with Gasteiger partial charge < -0.3 is 9.72 Å². The van der Waals surface area contributed by atoms with Crippen LogP contribution in [0.15, 0.2) is 57.2 Å². The van der Waals surface area contributed by atoms with Crippen molar-refractivity contribution < 1.29 is 17.9 Å². The molecule has 2 aromatic carbocycles. The van der Waals surface area contributed by atoms with Crippen molar-refractivity contribution in [3.63, 3.8) is 0 Å². The predicted octanol–water partition coefficient (Wildman–Crippen LogP) is 6.86. The molecular formula is C19H10BrCl3N2O4S2. The lowest BCUT2D eigenvalue weighted by Crippen LogP contribution is -2.30. The Morgan fingerprint density at radius 1 is 1.00 bits per heavy atom. The number of rotatable bonds is 5. The van der Waals surface area contributed by atoms with Crippen LogP contribution in [0.4, 0.5) is 0 Å². The predicted molar refractivity (Wildman–Crippen MR) is 127 cm³/mol. The first-order valence-electron chi connectivity index (χ1n) is 8.40. The van der Waals surface area contributed by atoms with Crippen molar-refractivity contribution >= 4 is 88.9 Å². The maximum Gasteiger partial charge on any atom is 0.281 e. The van der Waals surface area contributed by atoms with Gasteiger partial charge >= 0.3 is 0 Å². The molecule has 1 amide bonds. The molecule has 0 spiro atoms. The lowest BCUT2D eigenvalue weighted by atomic mass is 10.2. The van der Waals surface area contributed by atoms with E-state index in [0.29, 0.717) is 27.4 Å². The zero-order valence-electron chi connectivity index (χ0n) is 15.1. The monoisotopic (exact) mass is 578 g/mol. The van der Waals surface area contributed by atoms with Gasteiger partial charge in [-0.2, -0.15) is 0 Å². The normalized spacial score (nSPS) is 11.6. The number of carbonyl (C=O) groups excluding carboxylic acids is 1. The fourth-order valence-corrected chi connectivity index (χ4v) is 5.92. The maximum absolute atomic E-state index is 12.5. The van der Waals surface area contributed by atoms with Crippen molar-refractivity contribution in [2.24, 2.45) is 0 Å². The molecule has 2 aromatic heterocycles. The van der Waals surface area contributed by atoms with Crippen molar-refractivity contribution in [1.82, 2.24) is 9.71 Å². The molecule has 31 heavy (non-hydrogen) atoms. The number of fused-ring (bicyclic) bond motifs is 1. The summed E-state index contributed by atoms with van der Waals surface area (Å²) in [6, 6.07) is 13.0. The smallest absolute Gasteiger partial charge is 0.281 e. The highest BCUT2D eigenvalue weighted by Gasteiger charge is 2.23. The molecule has 0 atom stereocenters. The minimum Gasteiger partial charge on any atom is -0.457 e. The van der Waals surface area contributed by atoms with Crippen LogP contribution in [0.25, 0.3) is 10.9 Å². The molecule has 0 fully saturated rings. The molecule has 160 valence electrons. The molecular weight excluding hydrogens is 571 g/mol. The van der Waals surface area contributed by atoms with Crippen LogP contribution in [0.1, 0.15) is 10.5 Å². The van der Waals surface area contributed by atoms with Crippen molar-refractivity contribution in [1.29, 1.82) is 0 Å². The highest BCUT2D eigenvalue weighted by atomic mass is 79.9. The number of aromatic nitrogens is 1. The minimum atomic E-state index is -4.11. The molecule has 2 N–H and O–H groups in total. The van der Waals surface area contributed by atoms with E-state index in [9.17, 15) is 13.2 Å². The summed E-state index contributed by atoms with van der Waals surface area (Å²) >= 11 is 21.8. The third kappa shape index (κ3) is 4.87. The Bertz CT molecular complexity index is 1410. The molecule has 0 unspecified atom stereocenters. The number of hydrogen-bond donors (Lipinski definition) is 2. The third-order valence-electron chi connectivity index (χ3n) is 4.08. The summed E-state index contributed by atoms with van der Waals surface area (Å²) in [5.74, 6) is 0.242. The molecule has 0 bridgehead atoms. The molecule has 0 aliphatic heterocycles. The number of amides is 1. The second kappa shape index (κ2) is 8.65. The summed E-state index contributed by atoms with van der Waals surface area (Å²) in [5, 5.41) is 1.27. The minimum absolute atomic E-state index is 0.0659. The molecule has 4 rings (SSSR count). The number of ether oxygens (including phenoxy) is 1. The van der Waals surface area contributed by atoms with E-state index in [2.05, 4.69) is 20.9 Å². The molecule has 0 saturated carbocycles. The van der Waals surface area contributed by atoms with Crippen LogP contribution < -0.4 is 9.46 Å². The number of aromatic amines is 1. The van der Waals surface area contributed by atoms with E-state index in [1.54, 1.807) is 36.4 Å². The topological polar surface area (TPSA) is 88.3 Å². The highest BCUT2D eigenvalue weighted by Crippen LogP contribution is 2.34. The van der Waals surface area contributed by atoms with E-state index in [0.717, 1.165) is 15.8 Å². The van der Waals surface area contributed by atoms with Crippen molar-refractivity contribution in [3.05, 3.63) is 73.1 Å². The van der Waals surface area contributed by atoms with Gasteiger partial charge in [-0.25, -0.2) is 13.1 Å². The number of halogens is 4. The number of benzene rings is 2. The zero-order chi connectivity index (χ0) is 22.3. The van der Waals surface area contributed by atoms with Crippen LogP contribution in [0.5, 0.6) is 11.5 Å². The largest absolute Gasteiger partial charge is 0.457 e. The first-order valence-corrected chi connectivity index (χ1v) is 12.6. The van der Waals surface area contributed by atoms with Crippen LogP contribution >= 0.6 is 62.1 Å². The van der Waals surface area contributed by atoms with Gasteiger partial charge in [0.1, 0.15) is 25.7 Å². The van der Waals surface area contributed by atoms with Crippen LogP contribution in [-0.2, 0) is 10.0 Å². The second-order valence-electron chi connectivity index (χ2n) is 6.23. The van der Waals surface area contributed by atoms with Gasteiger partial charge in [-0.15, -0.1) is 11.3 Å². The lowest BCUT2D eigenvalue weighted by molar-refractivity contribution is 0.0977. The van der Waals surface area contributed by atoms with E-state index in [4.69, 9.17) is 39.5 Å². The van der Waals surface area contributed by atoms with Gasteiger partial charge in [0.15, 0.2) is 0 Å². The highest BCUT2D eigenvalue weighted by molar-refractivity contribution is 9.10. The third-order valence-corrected chi connectivity index (χ3v) is 8.98. The van der Waals surface area contributed by atoms with Crippen LogP contribution in [0, 0.1) is 0 Å². The standard InChI is InChI=1S/C19H10BrCl3N2O4S2/c20-12-3-1-11(7-13(12)21)29-10-2-4-15-9(5-10)6-16(24-15)19(26)25-31(27,28)17-8-14(22)18(23)30-17/h1-8,24H,(H,25,26). The molecule has 6 nitrogen and oxygen atoms in total. The first-order chi connectivity index (χ1) is 14.6. The molecule has 2 heterocycles. The fourth-order valence-electron chi connectivity index (χ4n) is 2.66. The van der Waals surface area contributed by atoms with Crippen molar-refractivity contribution in [2.45, 2.75) is 4.21 Å². The van der Waals surface area contributed by atoms with Gasteiger partial charge in [0.2, 0.25) is 0 Å². The Morgan fingerprint density at radius 2 is 1.71 bits per heavy atom. The summed E-state index contributed by atoms with van der Waals surface area (Å²) in [4.78, 5) is 15.4. The Balaban J connectivity index is 1.56. The second-order valence-corrected chi connectivity index (χ2v) is 11.5. The zero-order valence-corrected chi connectivity index (χ0v) is 20.6. The van der Waals surface area contributed by atoms with Crippen LogP contribution in [0.2, 0.25) is 14.4 Å². The van der Waals surface area contributed by atoms with E-state index in [1.165, 1.54) is 12.1 Å². The average molecular weight is 581 g/mol. The van der Waals surface area contributed by atoms with E-state index in [-0.39, 0.29) is 19.3 Å². The van der Waals surface area contributed by atoms with Crippen LogP contribution in [0.3, 0.4) is 0 Å². The molecule has 4 aromatic rings. The molecule has 0 saturated heterocycles. The average Bonchev–Trinajstić information content (AvgIpc) is 3.28. The fraction of sp³-hybridized carbons (Fsp3) is 0. The summed E-state index contributed by atoms with van der Waals surface area (Å²) in [7, 11) is -4.11. The first kappa shape index (κ1) is 22.4. The Morgan fingerprint density at radius 3 is 2.39 bits per heavy atom. The number of H-pyrrole nitrogens is 1. The molecule has 0 aliphatic carbocycles. The lowest BCUT2D eigenvalue weighted by Gasteiger charge is -2.06. The van der Waals surface area contributed by atoms with Gasteiger partial charge in [-0.1, -0.05) is 34.8 Å². The van der Waals surface area contributed by atoms with Crippen molar-refractivity contribution in [3.8, 4) is 11.5 Å². The van der Waals surface area contributed by atoms with E-state index >= 15 is 0 Å². The maximum atomic E-state index is 12.5.